The van der Waals surface area contributed by atoms with Crippen molar-refractivity contribution in [2.75, 3.05) is 9.81 Å². The minimum absolute atomic E-state index is 0.0717. The Balaban J connectivity index is 1.49. The van der Waals surface area contributed by atoms with Gasteiger partial charge < -0.3 is 0 Å². The van der Waals surface area contributed by atoms with E-state index in [9.17, 15) is 21.6 Å². The number of nitrogens with zero attached hydrogens (tertiary/aromatic N) is 4. The number of rotatable bonds is 7. The van der Waals surface area contributed by atoms with E-state index in [0.717, 1.165) is 44.8 Å². The fraction of sp³-hybridized carbons (Fsp3) is 0.150. The maximum atomic E-state index is 12.6. The molecule has 0 amide bonds. The Bertz CT molecular complexity index is 1450. The van der Waals surface area contributed by atoms with Gasteiger partial charge >= 0.3 is 6.18 Å². The average Bonchev–Trinajstić information content (AvgIpc) is 3.13. The highest BCUT2D eigenvalue weighted by Crippen LogP contribution is 2.30. The molecule has 7 nitrogen and oxygen atoms in total. The molecule has 0 saturated heterocycles. The van der Waals surface area contributed by atoms with Gasteiger partial charge in [-0.3, -0.25) is 9.29 Å². The van der Waals surface area contributed by atoms with Gasteiger partial charge in [0.15, 0.2) is 5.16 Å². The van der Waals surface area contributed by atoms with Crippen molar-refractivity contribution in [3.63, 3.8) is 0 Å². The number of thioether (sulfide) groups is 1. The molecule has 178 valence electrons. The maximum Gasteiger partial charge on any atom is 0.433 e. The van der Waals surface area contributed by atoms with Gasteiger partial charge in [0.2, 0.25) is 14.8 Å². The van der Waals surface area contributed by atoms with Crippen molar-refractivity contribution in [2.45, 2.75) is 17.9 Å². The van der Waals surface area contributed by atoms with Gasteiger partial charge in [0.05, 0.1) is 18.4 Å². The van der Waals surface area contributed by atoms with E-state index in [4.69, 9.17) is 0 Å². The Kier molecular flexibility index (Phi) is 7.22. The Morgan fingerprint density at radius 3 is 2.41 bits per heavy atom. The quantitative estimate of drug-likeness (QED) is 0.254. The summed E-state index contributed by atoms with van der Waals surface area (Å²) in [6.45, 7) is 0.389. The Morgan fingerprint density at radius 1 is 1.00 bits per heavy atom. The number of hydrogen-bond acceptors (Lipinski definition) is 6. The lowest BCUT2D eigenvalue weighted by Crippen LogP contribution is -2.16. The predicted octanol–water partition coefficient (Wildman–Crippen LogP) is 5.91. The molecule has 0 unspecified atom stereocenters. The highest BCUT2D eigenvalue weighted by atomic mass is 79.9. The normalized spacial score (nSPS) is 12.3. The van der Waals surface area contributed by atoms with Crippen LogP contribution in [0.5, 0.6) is 0 Å². The largest absolute Gasteiger partial charge is 0.433 e. The highest BCUT2D eigenvalue weighted by molar-refractivity contribution is 9.10. The number of pyridine rings is 1. The van der Waals surface area contributed by atoms with E-state index in [2.05, 4.69) is 51.8 Å². The second-order valence-corrected chi connectivity index (χ2v) is 11.6. The topological polar surface area (TPSA) is 89.8 Å². The summed E-state index contributed by atoms with van der Waals surface area (Å²) in [5.74, 6) is 0. The lowest BCUT2D eigenvalue weighted by molar-refractivity contribution is -0.141. The van der Waals surface area contributed by atoms with Gasteiger partial charge in [-0.25, -0.2) is 13.4 Å². The molecule has 0 aliphatic heterocycles. The molecule has 2 heterocycles. The third-order valence-electron chi connectivity index (χ3n) is 4.63. The van der Waals surface area contributed by atoms with Crippen LogP contribution in [0, 0.1) is 0 Å². The summed E-state index contributed by atoms with van der Waals surface area (Å²) in [6.07, 6.45) is -3.78. The number of benzene rings is 2. The first-order chi connectivity index (χ1) is 16.0. The molecule has 2 aromatic heterocycles. The van der Waals surface area contributed by atoms with Crippen LogP contribution in [0.3, 0.4) is 0 Å². The standard InChI is InChI=1S/C20H14Br2F3N5O2S2/c21-16-7-5-12(14-3-1-2-4-15(14)16)10-30-18(22)27-28-19(30)33-11-34(31,32)29-13-6-8-17(26-9-13)20(23,24)25/h1-9,29H,10-11H2. The van der Waals surface area contributed by atoms with Crippen LogP contribution in [0.1, 0.15) is 11.3 Å². The van der Waals surface area contributed by atoms with Gasteiger partial charge in [-0.1, -0.05) is 58.0 Å². The van der Waals surface area contributed by atoms with Crippen molar-refractivity contribution >= 4 is 70.1 Å². The number of fused-ring (bicyclic) bond motifs is 1. The van der Waals surface area contributed by atoms with Gasteiger partial charge in [0.25, 0.3) is 0 Å². The molecule has 4 rings (SSSR count). The van der Waals surface area contributed by atoms with Crippen molar-refractivity contribution in [1.82, 2.24) is 19.7 Å². The van der Waals surface area contributed by atoms with E-state index in [1.807, 2.05) is 36.4 Å². The molecule has 0 spiro atoms. The van der Waals surface area contributed by atoms with E-state index >= 15 is 0 Å². The molecular weight excluding hydrogens is 623 g/mol. The highest BCUT2D eigenvalue weighted by Gasteiger charge is 2.32. The van der Waals surface area contributed by atoms with Gasteiger partial charge in [-0.2, -0.15) is 13.2 Å². The van der Waals surface area contributed by atoms with Crippen LogP contribution in [-0.2, 0) is 22.7 Å². The summed E-state index contributed by atoms with van der Waals surface area (Å²) in [5, 5.41) is 10.0. The lowest BCUT2D eigenvalue weighted by atomic mass is 10.0. The molecule has 1 N–H and O–H groups in total. The fourth-order valence-electron chi connectivity index (χ4n) is 3.10. The monoisotopic (exact) mass is 635 g/mol. The van der Waals surface area contributed by atoms with Crippen molar-refractivity contribution in [1.29, 1.82) is 0 Å². The Hall–Kier alpha value is -2.16. The third-order valence-corrected chi connectivity index (χ3v) is 8.73. The molecule has 0 saturated carbocycles. The molecule has 14 heteroatoms. The molecule has 0 radical (unpaired) electrons. The first kappa shape index (κ1) is 24.9. The first-order valence-corrected chi connectivity index (χ1v) is 13.7. The second kappa shape index (κ2) is 9.84. The van der Waals surface area contributed by atoms with Crippen molar-refractivity contribution in [3.8, 4) is 0 Å². The zero-order chi connectivity index (χ0) is 24.5. The van der Waals surface area contributed by atoms with E-state index < -0.39 is 27.0 Å². The van der Waals surface area contributed by atoms with Crippen molar-refractivity contribution < 1.29 is 21.6 Å². The Labute approximate surface area is 213 Å². The van der Waals surface area contributed by atoms with Gasteiger partial charge in [-0.05, 0) is 50.5 Å². The number of nitrogens with one attached hydrogen (secondary N) is 1. The summed E-state index contributed by atoms with van der Waals surface area (Å²) in [4.78, 5) is 3.25. The van der Waals surface area contributed by atoms with E-state index in [-0.39, 0.29) is 5.69 Å². The third kappa shape index (κ3) is 5.73. The van der Waals surface area contributed by atoms with Gasteiger partial charge in [0, 0.05) is 4.47 Å². The zero-order valence-corrected chi connectivity index (χ0v) is 21.7. The number of alkyl halides is 3. The number of halogens is 5. The van der Waals surface area contributed by atoms with E-state index in [1.54, 1.807) is 4.57 Å². The minimum Gasteiger partial charge on any atom is -0.292 e. The van der Waals surface area contributed by atoms with Crippen LogP contribution in [0.2, 0.25) is 0 Å². The molecule has 0 aliphatic rings. The van der Waals surface area contributed by atoms with Crippen LogP contribution in [0.4, 0.5) is 18.9 Å². The van der Waals surface area contributed by atoms with Crippen LogP contribution >= 0.6 is 43.6 Å². The second-order valence-electron chi connectivity index (χ2n) is 7.00. The number of aromatic nitrogens is 4. The lowest BCUT2D eigenvalue weighted by Gasteiger charge is -2.12. The van der Waals surface area contributed by atoms with Gasteiger partial charge in [-0.15, -0.1) is 10.2 Å². The summed E-state index contributed by atoms with van der Waals surface area (Å²) in [7, 11) is -3.91. The Morgan fingerprint density at radius 2 is 1.74 bits per heavy atom. The summed E-state index contributed by atoms with van der Waals surface area (Å²) >= 11 is 7.83. The first-order valence-electron chi connectivity index (χ1n) is 9.45. The fourth-order valence-corrected chi connectivity index (χ4v) is 6.24. The maximum absolute atomic E-state index is 12.6. The zero-order valence-electron chi connectivity index (χ0n) is 16.9. The van der Waals surface area contributed by atoms with E-state index in [1.165, 1.54) is 0 Å². The summed E-state index contributed by atoms with van der Waals surface area (Å²) in [5.41, 5.74) is -0.196. The van der Waals surface area contributed by atoms with Crippen LogP contribution < -0.4 is 4.72 Å². The van der Waals surface area contributed by atoms with Crippen molar-refractivity contribution in [3.05, 3.63) is 75.2 Å². The smallest absolute Gasteiger partial charge is 0.292 e. The molecule has 4 aromatic rings. The van der Waals surface area contributed by atoms with Crippen molar-refractivity contribution in [2.24, 2.45) is 0 Å². The molecule has 0 bridgehead atoms. The number of sulfonamides is 1. The van der Waals surface area contributed by atoms with Crippen LogP contribution in [0.15, 0.2) is 69.1 Å². The SMILES string of the molecule is O=S(=O)(CSc1nnc(Br)n1Cc1ccc(Br)c2ccccc12)Nc1ccc(C(F)(F)F)nc1. The molecule has 0 fully saturated rings. The number of hydrogen-bond donors (Lipinski definition) is 1. The summed E-state index contributed by atoms with van der Waals surface area (Å²) < 4.78 is 68.2. The minimum atomic E-state index is -4.61. The number of anilines is 1. The van der Waals surface area contributed by atoms with Crippen LogP contribution in [-0.4, -0.2) is 33.3 Å². The van der Waals surface area contributed by atoms with E-state index in [0.29, 0.717) is 22.5 Å². The average molecular weight is 637 g/mol. The molecular formula is C20H14Br2F3N5O2S2. The van der Waals surface area contributed by atoms with Gasteiger partial charge in [0.1, 0.15) is 10.8 Å². The predicted molar refractivity (Wildman–Crippen MR) is 131 cm³/mol. The molecule has 2 aromatic carbocycles. The molecule has 34 heavy (non-hydrogen) atoms. The molecule has 0 aliphatic carbocycles. The molecule has 0 atom stereocenters. The summed E-state index contributed by atoms with van der Waals surface area (Å²) in [6, 6.07) is 13.5. The van der Waals surface area contributed by atoms with Crippen LogP contribution in [0.25, 0.3) is 10.8 Å².